The van der Waals surface area contributed by atoms with Crippen LogP contribution in [0.3, 0.4) is 0 Å². The maximum absolute atomic E-state index is 13.2. The van der Waals surface area contributed by atoms with Crippen LogP contribution in [0.5, 0.6) is 0 Å². The van der Waals surface area contributed by atoms with Crippen molar-refractivity contribution in [1.29, 1.82) is 0 Å². The Bertz CT molecular complexity index is 658. The van der Waals surface area contributed by atoms with Crippen molar-refractivity contribution in [2.75, 3.05) is 5.32 Å². The van der Waals surface area contributed by atoms with E-state index in [0.29, 0.717) is 10.7 Å². The zero-order chi connectivity index (χ0) is 15.4. The molecule has 2 nitrogen and oxygen atoms in total. The van der Waals surface area contributed by atoms with E-state index in [1.807, 2.05) is 38.1 Å². The van der Waals surface area contributed by atoms with Gasteiger partial charge in [0.2, 0.25) is 0 Å². The molecule has 0 aliphatic heterocycles. The van der Waals surface area contributed by atoms with Crippen LogP contribution in [0.2, 0.25) is 0 Å². The lowest BCUT2D eigenvalue weighted by molar-refractivity contribution is 0.505. The van der Waals surface area contributed by atoms with Gasteiger partial charge in [-0.1, -0.05) is 24.3 Å². The van der Waals surface area contributed by atoms with Gasteiger partial charge in [-0.3, -0.25) is 0 Å². The first-order chi connectivity index (χ1) is 9.97. The maximum Gasteiger partial charge on any atom is 0.171 e. The first-order valence-electron chi connectivity index (χ1n) is 6.55. The maximum atomic E-state index is 13.2. The van der Waals surface area contributed by atoms with Gasteiger partial charge in [0, 0.05) is 5.69 Å². The minimum atomic E-state index is -0.862. The second-order valence-corrected chi connectivity index (χ2v) is 5.22. The first kappa shape index (κ1) is 15.4. The molecule has 0 saturated carbocycles. The number of hydrogen-bond donors (Lipinski definition) is 2. The molecule has 0 aliphatic rings. The summed E-state index contributed by atoms with van der Waals surface area (Å²) in [6.07, 6.45) is 0. The van der Waals surface area contributed by atoms with Crippen molar-refractivity contribution in [2.45, 2.75) is 19.9 Å². The highest BCUT2D eigenvalue weighted by atomic mass is 32.1. The highest BCUT2D eigenvalue weighted by Gasteiger charge is 2.10. The minimum absolute atomic E-state index is 0.232. The molecule has 0 amide bonds. The van der Waals surface area contributed by atoms with Gasteiger partial charge in [0.15, 0.2) is 16.7 Å². The molecule has 21 heavy (non-hydrogen) atoms. The number of benzene rings is 2. The van der Waals surface area contributed by atoms with Crippen LogP contribution in [0.4, 0.5) is 14.5 Å². The SMILES string of the molecule is Cc1ccccc1NC(=S)N[C@@H](C)c1ccc(F)c(F)c1. The lowest BCUT2D eigenvalue weighted by atomic mass is 10.1. The molecular formula is C16H16F2N2S. The zero-order valence-corrected chi connectivity index (χ0v) is 12.6. The van der Waals surface area contributed by atoms with Crippen LogP contribution in [0.25, 0.3) is 0 Å². The van der Waals surface area contributed by atoms with E-state index in [1.54, 1.807) is 0 Å². The average molecular weight is 306 g/mol. The third kappa shape index (κ3) is 3.98. The van der Waals surface area contributed by atoms with Crippen LogP contribution in [0.15, 0.2) is 42.5 Å². The molecule has 0 unspecified atom stereocenters. The monoisotopic (exact) mass is 306 g/mol. The van der Waals surface area contributed by atoms with Crippen LogP contribution in [0.1, 0.15) is 24.1 Å². The number of para-hydroxylation sites is 1. The van der Waals surface area contributed by atoms with Gasteiger partial charge in [-0.05, 0) is 55.4 Å². The molecule has 0 bridgehead atoms. The van der Waals surface area contributed by atoms with E-state index in [0.717, 1.165) is 17.3 Å². The van der Waals surface area contributed by atoms with Gasteiger partial charge in [-0.2, -0.15) is 0 Å². The molecule has 0 saturated heterocycles. The van der Waals surface area contributed by atoms with E-state index in [2.05, 4.69) is 10.6 Å². The number of nitrogens with one attached hydrogen (secondary N) is 2. The van der Waals surface area contributed by atoms with Gasteiger partial charge >= 0.3 is 0 Å². The number of anilines is 1. The summed E-state index contributed by atoms with van der Waals surface area (Å²) in [7, 11) is 0. The average Bonchev–Trinajstić information content (AvgIpc) is 2.44. The Morgan fingerprint density at radius 3 is 2.48 bits per heavy atom. The molecule has 0 fully saturated rings. The summed E-state index contributed by atoms with van der Waals surface area (Å²) in [4.78, 5) is 0. The summed E-state index contributed by atoms with van der Waals surface area (Å²) < 4.78 is 26.1. The fraction of sp³-hybridized carbons (Fsp3) is 0.188. The van der Waals surface area contributed by atoms with Crippen molar-refractivity contribution in [3.05, 3.63) is 65.2 Å². The molecule has 1 atom stereocenters. The van der Waals surface area contributed by atoms with E-state index in [4.69, 9.17) is 12.2 Å². The van der Waals surface area contributed by atoms with E-state index >= 15 is 0 Å². The van der Waals surface area contributed by atoms with Crippen molar-refractivity contribution in [3.63, 3.8) is 0 Å². The molecule has 2 aromatic rings. The summed E-state index contributed by atoms with van der Waals surface area (Å²) in [5.41, 5.74) is 2.61. The van der Waals surface area contributed by atoms with Gasteiger partial charge in [0.05, 0.1) is 6.04 Å². The van der Waals surface area contributed by atoms with Gasteiger partial charge < -0.3 is 10.6 Å². The molecule has 0 spiro atoms. The van der Waals surface area contributed by atoms with E-state index < -0.39 is 11.6 Å². The summed E-state index contributed by atoms with van der Waals surface area (Å²) in [5, 5.41) is 6.57. The largest absolute Gasteiger partial charge is 0.356 e. The molecule has 0 aliphatic carbocycles. The van der Waals surface area contributed by atoms with E-state index in [9.17, 15) is 8.78 Å². The van der Waals surface area contributed by atoms with Gasteiger partial charge in [0.1, 0.15) is 0 Å². The van der Waals surface area contributed by atoms with Crippen LogP contribution < -0.4 is 10.6 Å². The number of aryl methyl sites for hydroxylation is 1. The molecule has 0 heterocycles. The molecular weight excluding hydrogens is 290 g/mol. The molecule has 5 heteroatoms. The van der Waals surface area contributed by atoms with Crippen molar-refractivity contribution >= 4 is 23.0 Å². The van der Waals surface area contributed by atoms with E-state index in [-0.39, 0.29) is 6.04 Å². The third-order valence-corrected chi connectivity index (χ3v) is 3.40. The predicted molar refractivity (Wildman–Crippen MR) is 85.3 cm³/mol. The second-order valence-electron chi connectivity index (χ2n) is 4.81. The Labute approximate surface area is 128 Å². The predicted octanol–water partition coefficient (Wildman–Crippen LogP) is 4.32. The van der Waals surface area contributed by atoms with Crippen molar-refractivity contribution < 1.29 is 8.78 Å². The van der Waals surface area contributed by atoms with Crippen molar-refractivity contribution in [2.24, 2.45) is 0 Å². The number of rotatable bonds is 3. The topological polar surface area (TPSA) is 24.1 Å². The number of halogens is 2. The van der Waals surface area contributed by atoms with Crippen LogP contribution >= 0.6 is 12.2 Å². The normalized spacial score (nSPS) is 11.8. The molecule has 2 aromatic carbocycles. The standard InChI is InChI=1S/C16H16F2N2S/c1-10-5-3-4-6-15(10)20-16(21)19-11(2)12-7-8-13(17)14(18)9-12/h3-9,11H,1-2H3,(H2,19,20,21)/t11-/m0/s1. The van der Waals surface area contributed by atoms with Gasteiger partial charge in [-0.15, -0.1) is 0 Å². The Kier molecular flexibility index (Phi) is 4.85. The van der Waals surface area contributed by atoms with Crippen molar-refractivity contribution in [3.8, 4) is 0 Å². The summed E-state index contributed by atoms with van der Waals surface area (Å²) in [6, 6.07) is 11.3. The zero-order valence-electron chi connectivity index (χ0n) is 11.8. The molecule has 110 valence electrons. The summed E-state index contributed by atoms with van der Waals surface area (Å²) in [5.74, 6) is -1.72. The molecule has 2 N–H and O–H groups in total. The molecule has 0 aromatic heterocycles. The fourth-order valence-electron chi connectivity index (χ4n) is 1.93. The third-order valence-electron chi connectivity index (χ3n) is 3.18. The van der Waals surface area contributed by atoms with E-state index in [1.165, 1.54) is 12.1 Å². The Morgan fingerprint density at radius 2 is 1.81 bits per heavy atom. The Morgan fingerprint density at radius 1 is 1.10 bits per heavy atom. The lowest BCUT2D eigenvalue weighted by Crippen LogP contribution is -2.31. The summed E-state index contributed by atoms with van der Waals surface area (Å²) in [6.45, 7) is 3.81. The van der Waals surface area contributed by atoms with Gasteiger partial charge in [-0.25, -0.2) is 8.78 Å². The highest BCUT2D eigenvalue weighted by molar-refractivity contribution is 7.80. The van der Waals surface area contributed by atoms with Gasteiger partial charge in [0.25, 0.3) is 0 Å². The smallest absolute Gasteiger partial charge is 0.171 e. The fourth-order valence-corrected chi connectivity index (χ4v) is 2.22. The number of hydrogen-bond acceptors (Lipinski definition) is 1. The van der Waals surface area contributed by atoms with Crippen LogP contribution in [-0.2, 0) is 0 Å². The van der Waals surface area contributed by atoms with Crippen LogP contribution in [0, 0.1) is 18.6 Å². The first-order valence-corrected chi connectivity index (χ1v) is 6.96. The quantitative estimate of drug-likeness (QED) is 0.826. The lowest BCUT2D eigenvalue weighted by Gasteiger charge is -2.18. The molecule has 2 rings (SSSR count). The highest BCUT2D eigenvalue weighted by Crippen LogP contribution is 2.17. The Balaban J connectivity index is 2.02. The minimum Gasteiger partial charge on any atom is -0.356 e. The second kappa shape index (κ2) is 6.63. The molecule has 0 radical (unpaired) electrons. The van der Waals surface area contributed by atoms with Crippen LogP contribution in [-0.4, -0.2) is 5.11 Å². The number of thiocarbonyl (C=S) groups is 1. The van der Waals surface area contributed by atoms with Crippen molar-refractivity contribution in [1.82, 2.24) is 5.32 Å². The Hall–Kier alpha value is -2.01. The summed E-state index contributed by atoms with van der Waals surface area (Å²) >= 11 is 5.24.